The molecule has 0 aromatic rings. The molecule has 10 heavy (non-hydrogen) atoms. The summed E-state index contributed by atoms with van der Waals surface area (Å²) in [5, 5.41) is 3.12. The van der Waals surface area contributed by atoms with Gasteiger partial charge in [0.1, 0.15) is 6.29 Å². The molecule has 0 aromatic heterocycles. The zero-order valence-corrected chi connectivity index (χ0v) is 6.34. The minimum absolute atomic E-state index is 0.0636. The Morgan fingerprint density at radius 1 is 1.80 bits per heavy atom. The number of hydrogen-bond donors (Lipinski definition) is 1. The highest BCUT2D eigenvalue weighted by Gasteiger charge is 2.15. The number of carbonyl (C=O) groups is 1. The summed E-state index contributed by atoms with van der Waals surface area (Å²) < 4.78 is 0. The molecule has 1 unspecified atom stereocenters. The van der Waals surface area contributed by atoms with Crippen molar-refractivity contribution >= 4 is 6.29 Å². The summed E-state index contributed by atoms with van der Waals surface area (Å²) in [4.78, 5) is 12.6. The Morgan fingerprint density at radius 3 is 3.20 bits per heavy atom. The SMILES string of the molecule is CCN1CCNC(C=O)C1. The van der Waals surface area contributed by atoms with E-state index in [2.05, 4.69) is 17.1 Å². The van der Waals surface area contributed by atoms with Crippen LogP contribution in [-0.2, 0) is 4.79 Å². The van der Waals surface area contributed by atoms with Crippen molar-refractivity contribution in [1.29, 1.82) is 0 Å². The molecular weight excluding hydrogens is 128 g/mol. The number of nitrogens with one attached hydrogen (secondary N) is 1. The van der Waals surface area contributed by atoms with E-state index in [1.54, 1.807) is 0 Å². The van der Waals surface area contributed by atoms with Gasteiger partial charge in [-0.05, 0) is 6.54 Å². The third-order valence-corrected chi connectivity index (χ3v) is 1.90. The van der Waals surface area contributed by atoms with Gasteiger partial charge in [-0.1, -0.05) is 6.92 Å². The molecule has 0 saturated carbocycles. The van der Waals surface area contributed by atoms with Crippen molar-refractivity contribution in [2.45, 2.75) is 13.0 Å². The summed E-state index contributed by atoms with van der Waals surface area (Å²) >= 11 is 0. The summed E-state index contributed by atoms with van der Waals surface area (Å²) in [7, 11) is 0. The van der Waals surface area contributed by atoms with Crippen LogP contribution in [-0.4, -0.2) is 43.4 Å². The average Bonchev–Trinajstić information content (AvgIpc) is 2.05. The molecule has 1 rings (SSSR count). The number of nitrogens with zero attached hydrogens (tertiary/aromatic N) is 1. The summed E-state index contributed by atoms with van der Waals surface area (Å²) in [5.74, 6) is 0. The van der Waals surface area contributed by atoms with E-state index in [-0.39, 0.29) is 6.04 Å². The molecule has 1 aliphatic heterocycles. The molecule has 1 aliphatic rings. The molecule has 1 fully saturated rings. The van der Waals surface area contributed by atoms with Crippen LogP contribution in [0.3, 0.4) is 0 Å². The van der Waals surface area contributed by atoms with Crippen LogP contribution in [0.2, 0.25) is 0 Å². The van der Waals surface area contributed by atoms with Crippen LogP contribution in [0.15, 0.2) is 0 Å². The second kappa shape index (κ2) is 3.68. The van der Waals surface area contributed by atoms with Crippen LogP contribution >= 0.6 is 0 Å². The first-order chi connectivity index (χ1) is 4.86. The van der Waals surface area contributed by atoms with Gasteiger partial charge in [-0.25, -0.2) is 0 Å². The predicted molar refractivity (Wildman–Crippen MR) is 40.0 cm³/mol. The molecule has 3 nitrogen and oxygen atoms in total. The maximum absolute atomic E-state index is 10.3. The number of rotatable bonds is 2. The molecule has 58 valence electrons. The lowest BCUT2D eigenvalue weighted by atomic mass is 10.2. The van der Waals surface area contributed by atoms with Crippen molar-refractivity contribution in [1.82, 2.24) is 10.2 Å². The first-order valence-corrected chi connectivity index (χ1v) is 3.78. The zero-order chi connectivity index (χ0) is 7.40. The van der Waals surface area contributed by atoms with E-state index in [4.69, 9.17) is 0 Å². The number of carbonyl (C=O) groups excluding carboxylic acids is 1. The van der Waals surface area contributed by atoms with Gasteiger partial charge < -0.3 is 15.0 Å². The second-order valence-electron chi connectivity index (χ2n) is 2.59. The molecule has 0 radical (unpaired) electrons. The van der Waals surface area contributed by atoms with Crippen molar-refractivity contribution in [2.75, 3.05) is 26.2 Å². The molecule has 1 N–H and O–H groups in total. The molecule has 1 saturated heterocycles. The Bertz CT molecular complexity index is 116. The van der Waals surface area contributed by atoms with Gasteiger partial charge in [0.2, 0.25) is 0 Å². The van der Waals surface area contributed by atoms with Crippen molar-refractivity contribution < 1.29 is 4.79 Å². The van der Waals surface area contributed by atoms with Gasteiger partial charge in [-0.3, -0.25) is 0 Å². The van der Waals surface area contributed by atoms with Crippen LogP contribution in [0.25, 0.3) is 0 Å². The van der Waals surface area contributed by atoms with Gasteiger partial charge in [-0.15, -0.1) is 0 Å². The molecule has 0 aliphatic carbocycles. The van der Waals surface area contributed by atoms with E-state index in [0.29, 0.717) is 0 Å². The zero-order valence-electron chi connectivity index (χ0n) is 6.34. The summed E-state index contributed by atoms with van der Waals surface area (Å²) in [5.41, 5.74) is 0. The Balaban J connectivity index is 2.31. The summed E-state index contributed by atoms with van der Waals surface area (Å²) in [6, 6.07) is 0.0636. The highest BCUT2D eigenvalue weighted by molar-refractivity contribution is 5.58. The van der Waals surface area contributed by atoms with Gasteiger partial charge in [0.05, 0.1) is 6.04 Å². The van der Waals surface area contributed by atoms with Crippen LogP contribution < -0.4 is 5.32 Å². The number of hydrogen-bond acceptors (Lipinski definition) is 3. The van der Waals surface area contributed by atoms with Gasteiger partial charge in [0.15, 0.2) is 0 Å². The second-order valence-corrected chi connectivity index (χ2v) is 2.59. The van der Waals surface area contributed by atoms with E-state index in [9.17, 15) is 4.79 Å². The lowest BCUT2D eigenvalue weighted by Crippen LogP contribution is -2.51. The van der Waals surface area contributed by atoms with Gasteiger partial charge >= 0.3 is 0 Å². The molecule has 3 heteroatoms. The number of piperazine rings is 1. The third-order valence-electron chi connectivity index (χ3n) is 1.90. The van der Waals surface area contributed by atoms with Crippen LogP contribution in [0.5, 0.6) is 0 Å². The fourth-order valence-corrected chi connectivity index (χ4v) is 1.22. The smallest absolute Gasteiger partial charge is 0.138 e. The predicted octanol–water partition coefficient (Wildman–Crippen LogP) is -0.521. The molecule has 0 bridgehead atoms. The van der Waals surface area contributed by atoms with Crippen molar-refractivity contribution in [3.8, 4) is 0 Å². The van der Waals surface area contributed by atoms with Crippen molar-refractivity contribution in [3.05, 3.63) is 0 Å². The van der Waals surface area contributed by atoms with Crippen LogP contribution in [0, 0.1) is 0 Å². The first-order valence-electron chi connectivity index (χ1n) is 3.78. The minimum atomic E-state index is 0.0636. The highest BCUT2D eigenvalue weighted by atomic mass is 16.1. The standard InChI is InChI=1S/C7H14N2O/c1-2-9-4-3-8-7(5-9)6-10/h6-8H,2-5H2,1H3. The molecule has 1 heterocycles. The Hall–Kier alpha value is -0.410. The van der Waals surface area contributed by atoms with Gasteiger partial charge in [-0.2, -0.15) is 0 Å². The normalized spacial score (nSPS) is 28.3. The first kappa shape index (κ1) is 7.69. The fourth-order valence-electron chi connectivity index (χ4n) is 1.22. The average molecular weight is 142 g/mol. The Morgan fingerprint density at radius 2 is 2.60 bits per heavy atom. The third kappa shape index (κ3) is 1.78. The largest absolute Gasteiger partial charge is 0.305 e. The van der Waals surface area contributed by atoms with E-state index >= 15 is 0 Å². The number of aldehydes is 1. The highest BCUT2D eigenvalue weighted by Crippen LogP contribution is 1.95. The molecule has 1 atom stereocenters. The maximum Gasteiger partial charge on any atom is 0.138 e. The van der Waals surface area contributed by atoms with E-state index in [0.717, 1.165) is 32.5 Å². The lowest BCUT2D eigenvalue weighted by molar-refractivity contribution is -0.110. The molecular formula is C7H14N2O. The van der Waals surface area contributed by atoms with E-state index in [1.165, 1.54) is 0 Å². The van der Waals surface area contributed by atoms with Gasteiger partial charge in [0.25, 0.3) is 0 Å². The molecule has 0 spiro atoms. The fraction of sp³-hybridized carbons (Fsp3) is 0.857. The lowest BCUT2D eigenvalue weighted by Gasteiger charge is -2.29. The minimum Gasteiger partial charge on any atom is -0.305 e. The monoisotopic (exact) mass is 142 g/mol. The molecule has 0 aromatic carbocycles. The topological polar surface area (TPSA) is 32.3 Å². The van der Waals surface area contributed by atoms with E-state index in [1.807, 2.05) is 0 Å². The van der Waals surface area contributed by atoms with Gasteiger partial charge in [0, 0.05) is 19.6 Å². The summed E-state index contributed by atoms with van der Waals surface area (Å²) in [6.45, 7) is 6.05. The number of likely N-dealkylation sites (N-methyl/N-ethyl adjacent to an activating group) is 1. The van der Waals surface area contributed by atoms with E-state index < -0.39 is 0 Å². The van der Waals surface area contributed by atoms with Crippen LogP contribution in [0.1, 0.15) is 6.92 Å². The Labute approximate surface area is 61.4 Å². The quantitative estimate of drug-likeness (QED) is 0.526. The maximum atomic E-state index is 10.3. The Kier molecular flexibility index (Phi) is 2.83. The van der Waals surface area contributed by atoms with Crippen LogP contribution in [0.4, 0.5) is 0 Å². The van der Waals surface area contributed by atoms with Crippen molar-refractivity contribution in [2.24, 2.45) is 0 Å². The molecule has 0 amide bonds. The summed E-state index contributed by atoms with van der Waals surface area (Å²) in [6.07, 6.45) is 0.988. The van der Waals surface area contributed by atoms with Crippen molar-refractivity contribution in [3.63, 3.8) is 0 Å².